The Morgan fingerprint density at radius 2 is 1.20 bits per heavy atom. The molecule has 3 aromatic carbocycles. The van der Waals surface area contributed by atoms with E-state index in [9.17, 15) is 8.42 Å². The van der Waals surface area contributed by atoms with Crippen molar-refractivity contribution in [3.8, 4) is 11.5 Å². The summed E-state index contributed by atoms with van der Waals surface area (Å²) in [6.07, 6.45) is 0. The molecule has 0 saturated carbocycles. The molecule has 6 heteroatoms. The minimum Gasteiger partial charge on any atom is -0.497 e. The topological polar surface area (TPSA) is 52.6 Å². The molecular formula is C19H17IO4S. The standard InChI is InChI=1S/C13H12O4S.C6H5I/c1-16-11-7-9-12(10-8-11)17-18(14,15)13-5-3-2-4-6-13;7-6-4-2-1-3-5-6/h2-10H,1H3;1-5H. The molecule has 4 nitrogen and oxygen atoms in total. The Morgan fingerprint density at radius 1 is 0.720 bits per heavy atom. The zero-order valence-electron chi connectivity index (χ0n) is 13.5. The van der Waals surface area contributed by atoms with E-state index in [4.69, 9.17) is 8.92 Å². The van der Waals surface area contributed by atoms with Crippen LogP contribution in [0.1, 0.15) is 0 Å². The van der Waals surface area contributed by atoms with Gasteiger partial charge in [0.15, 0.2) is 0 Å². The average molecular weight is 468 g/mol. The van der Waals surface area contributed by atoms with Gasteiger partial charge in [0.1, 0.15) is 16.4 Å². The van der Waals surface area contributed by atoms with Crippen molar-refractivity contribution in [2.24, 2.45) is 0 Å². The molecule has 0 amide bonds. The van der Waals surface area contributed by atoms with Gasteiger partial charge in [-0.1, -0.05) is 36.4 Å². The Labute approximate surface area is 161 Å². The van der Waals surface area contributed by atoms with Gasteiger partial charge in [0.05, 0.1) is 7.11 Å². The van der Waals surface area contributed by atoms with Crippen LogP contribution < -0.4 is 8.92 Å². The second-order valence-corrected chi connectivity index (χ2v) is 7.61. The molecule has 0 bridgehead atoms. The van der Waals surface area contributed by atoms with Gasteiger partial charge in [-0.3, -0.25) is 0 Å². The van der Waals surface area contributed by atoms with E-state index in [1.807, 2.05) is 18.2 Å². The van der Waals surface area contributed by atoms with Crippen molar-refractivity contribution in [2.75, 3.05) is 7.11 Å². The first kappa shape index (κ1) is 19.3. The quantitative estimate of drug-likeness (QED) is 0.410. The number of benzene rings is 3. The monoisotopic (exact) mass is 468 g/mol. The van der Waals surface area contributed by atoms with E-state index < -0.39 is 10.1 Å². The Kier molecular flexibility index (Phi) is 7.27. The van der Waals surface area contributed by atoms with Gasteiger partial charge in [-0.2, -0.15) is 8.42 Å². The Balaban J connectivity index is 0.000000269. The largest absolute Gasteiger partial charge is 0.497 e. The molecule has 0 radical (unpaired) electrons. The molecule has 0 aromatic heterocycles. The zero-order valence-corrected chi connectivity index (χ0v) is 16.5. The highest BCUT2D eigenvalue weighted by Crippen LogP contribution is 2.21. The first-order valence-electron chi connectivity index (χ1n) is 7.35. The third kappa shape index (κ3) is 6.39. The molecule has 0 aliphatic carbocycles. The van der Waals surface area contributed by atoms with Gasteiger partial charge >= 0.3 is 10.1 Å². The van der Waals surface area contributed by atoms with Crippen molar-refractivity contribution < 1.29 is 17.3 Å². The van der Waals surface area contributed by atoms with Crippen LogP contribution in [0.15, 0.2) is 89.8 Å². The molecule has 0 atom stereocenters. The van der Waals surface area contributed by atoms with Crippen molar-refractivity contribution >= 4 is 32.7 Å². The van der Waals surface area contributed by atoms with Gasteiger partial charge in [-0.25, -0.2) is 0 Å². The smallest absolute Gasteiger partial charge is 0.339 e. The van der Waals surface area contributed by atoms with Crippen LogP contribution in [-0.2, 0) is 10.1 Å². The van der Waals surface area contributed by atoms with Crippen LogP contribution in [0.5, 0.6) is 11.5 Å². The van der Waals surface area contributed by atoms with E-state index in [-0.39, 0.29) is 10.6 Å². The summed E-state index contributed by atoms with van der Waals surface area (Å²) in [6.45, 7) is 0. The molecule has 0 unspecified atom stereocenters. The maximum absolute atomic E-state index is 11.9. The number of halogens is 1. The van der Waals surface area contributed by atoms with E-state index in [1.165, 1.54) is 22.8 Å². The lowest BCUT2D eigenvalue weighted by Gasteiger charge is -2.07. The van der Waals surface area contributed by atoms with Crippen LogP contribution in [0.4, 0.5) is 0 Å². The number of rotatable bonds is 4. The first-order chi connectivity index (χ1) is 12.0. The first-order valence-corrected chi connectivity index (χ1v) is 9.84. The predicted molar refractivity (Wildman–Crippen MR) is 106 cm³/mol. The van der Waals surface area contributed by atoms with Gasteiger partial charge in [0.25, 0.3) is 0 Å². The van der Waals surface area contributed by atoms with Crippen molar-refractivity contribution in [1.82, 2.24) is 0 Å². The molecular weight excluding hydrogens is 451 g/mol. The Morgan fingerprint density at radius 3 is 1.64 bits per heavy atom. The highest BCUT2D eigenvalue weighted by atomic mass is 127. The van der Waals surface area contributed by atoms with Crippen molar-refractivity contribution in [2.45, 2.75) is 4.90 Å². The fraction of sp³-hybridized carbons (Fsp3) is 0.0526. The van der Waals surface area contributed by atoms with Crippen LogP contribution in [0.25, 0.3) is 0 Å². The van der Waals surface area contributed by atoms with Gasteiger partial charge < -0.3 is 8.92 Å². The average Bonchev–Trinajstić information content (AvgIpc) is 2.64. The molecule has 0 saturated heterocycles. The van der Waals surface area contributed by atoms with Crippen LogP contribution in [0.3, 0.4) is 0 Å². The van der Waals surface area contributed by atoms with E-state index in [0.29, 0.717) is 5.75 Å². The van der Waals surface area contributed by atoms with Crippen LogP contribution in [0.2, 0.25) is 0 Å². The van der Waals surface area contributed by atoms with Crippen LogP contribution >= 0.6 is 22.6 Å². The molecule has 25 heavy (non-hydrogen) atoms. The number of methoxy groups -OCH3 is 1. The third-order valence-electron chi connectivity index (χ3n) is 3.03. The summed E-state index contributed by atoms with van der Waals surface area (Å²) < 4.78 is 35.1. The van der Waals surface area contributed by atoms with E-state index in [2.05, 4.69) is 34.7 Å². The summed E-state index contributed by atoms with van der Waals surface area (Å²) in [5, 5.41) is 0. The molecule has 0 aliphatic heterocycles. The molecule has 0 N–H and O–H groups in total. The van der Waals surface area contributed by atoms with Crippen LogP contribution in [-0.4, -0.2) is 15.5 Å². The van der Waals surface area contributed by atoms with E-state index in [0.717, 1.165) is 0 Å². The summed E-state index contributed by atoms with van der Waals surface area (Å²) in [6, 6.07) is 24.6. The molecule has 0 aliphatic rings. The molecule has 0 heterocycles. The zero-order chi connectivity index (χ0) is 18.1. The fourth-order valence-electron chi connectivity index (χ4n) is 1.81. The number of ether oxygens (including phenoxy) is 1. The lowest BCUT2D eigenvalue weighted by atomic mass is 10.3. The normalized spacial score (nSPS) is 10.3. The molecule has 3 rings (SSSR count). The van der Waals surface area contributed by atoms with Gasteiger partial charge in [-0.15, -0.1) is 0 Å². The fourth-order valence-corrected chi connectivity index (χ4v) is 3.17. The van der Waals surface area contributed by atoms with Crippen LogP contribution in [0, 0.1) is 3.57 Å². The van der Waals surface area contributed by atoms with E-state index in [1.54, 1.807) is 42.5 Å². The van der Waals surface area contributed by atoms with Crippen molar-refractivity contribution in [3.63, 3.8) is 0 Å². The molecule has 3 aromatic rings. The molecule has 130 valence electrons. The second-order valence-electron chi connectivity index (χ2n) is 4.82. The summed E-state index contributed by atoms with van der Waals surface area (Å²) in [4.78, 5) is 0.126. The lowest BCUT2D eigenvalue weighted by molar-refractivity contribution is 0.413. The Bertz CT molecular complexity index is 864. The summed E-state index contributed by atoms with van der Waals surface area (Å²) in [5.41, 5.74) is 0. The second kappa shape index (κ2) is 9.43. The minimum absolute atomic E-state index is 0.126. The summed E-state index contributed by atoms with van der Waals surface area (Å²) in [7, 11) is -2.24. The van der Waals surface area contributed by atoms with Gasteiger partial charge in [-0.05, 0) is 71.1 Å². The molecule has 0 spiro atoms. The molecule has 0 fully saturated rings. The maximum Gasteiger partial charge on any atom is 0.339 e. The predicted octanol–water partition coefficient (Wildman–Crippen LogP) is 4.75. The lowest BCUT2D eigenvalue weighted by Crippen LogP contribution is -2.09. The summed E-state index contributed by atoms with van der Waals surface area (Å²) >= 11 is 2.28. The SMILES string of the molecule is COc1ccc(OS(=O)(=O)c2ccccc2)cc1.Ic1ccccc1. The maximum atomic E-state index is 11.9. The number of hydrogen-bond donors (Lipinski definition) is 0. The van der Waals surface area contributed by atoms with E-state index >= 15 is 0 Å². The van der Waals surface area contributed by atoms with Crippen molar-refractivity contribution in [3.05, 3.63) is 88.5 Å². The Hall–Kier alpha value is -2.06. The van der Waals surface area contributed by atoms with Crippen molar-refractivity contribution in [1.29, 1.82) is 0 Å². The van der Waals surface area contributed by atoms with Gasteiger partial charge in [0.2, 0.25) is 0 Å². The minimum atomic E-state index is -3.77. The highest BCUT2D eigenvalue weighted by Gasteiger charge is 2.15. The summed E-state index contributed by atoms with van der Waals surface area (Å²) in [5.74, 6) is 0.888. The number of hydrogen-bond acceptors (Lipinski definition) is 4. The third-order valence-corrected chi connectivity index (χ3v) is 5.01. The van der Waals surface area contributed by atoms with Gasteiger partial charge in [0, 0.05) is 3.57 Å². The highest BCUT2D eigenvalue weighted by molar-refractivity contribution is 14.1.